The van der Waals surface area contributed by atoms with Crippen molar-refractivity contribution in [2.45, 2.75) is 24.4 Å². The molecule has 86 valence electrons. The van der Waals surface area contributed by atoms with Crippen LogP contribution in [-0.2, 0) is 10.8 Å². The van der Waals surface area contributed by atoms with E-state index < -0.39 is 10.8 Å². The third kappa shape index (κ3) is 4.31. The Bertz CT molecular complexity index is 386. The van der Waals surface area contributed by atoms with E-state index >= 15 is 0 Å². The molecule has 0 saturated carbocycles. The molecule has 0 bridgehead atoms. The van der Waals surface area contributed by atoms with E-state index in [-0.39, 0.29) is 5.16 Å². The molecule has 0 amide bonds. The molecule has 1 atom stereocenters. The number of nitrogens with one attached hydrogen (secondary N) is 1. The molecule has 0 aromatic carbocycles. The van der Waals surface area contributed by atoms with Crippen molar-refractivity contribution in [1.82, 2.24) is 20.4 Å². The first kappa shape index (κ1) is 12.5. The summed E-state index contributed by atoms with van der Waals surface area (Å²) in [5.74, 6) is 2.91. The molecule has 1 aromatic heterocycles. The summed E-state index contributed by atoms with van der Waals surface area (Å²) in [6.07, 6.45) is 9.27. The van der Waals surface area contributed by atoms with E-state index in [2.05, 4.69) is 31.6 Å². The van der Waals surface area contributed by atoms with Gasteiger partial charge in [-0.25, -0.2) is 0 Å². The average Bonchev–Trinajstić information content (AvgIpc) is 2.29. The number of unbranched alkanes of at least 4 members (excludes halogenated alkanes) is 2. The van der Waals surface area contributed by atoms with Gasteiger partial charge in [0.05, 0.1) is 10.8 Å². The van der Waals surface area contributed by atoms with Gasteiger partial charge in [-0.15, -0.1) is 32.7 Å². The molecular formula is C9H13N5OS. The van der Waals surface area contributed by atoms with Gasteiger partial charge in [-0.2, -0.15) is 0 Å². The summed E-state index contributed by atoms with van der Waals surface area (Å²) < 4.78 is 11.0. The van der Waals surface area contributed by atoms with E-state index in [0.717, 1.165) is 25.8 Å². The van der Waals surface area contributed by atoms with Crippen molar-refractivity contribution in [3.63, 3.8) is 0 Å². The van der Waals surface area contributed by atoms with Gasteiger partial charge in [0.2, 0.25) is 0 Å². The third-order valence-electron chi connectivity index (χ3n) is 1.75. The van der Waals surface area contributed by atoms with E-state index in [1.807, 2.05) is 0 Å². The van der Waals surface area contributed by atoms with E-state index in [9.17, 15) is 4.21 Å². The molecule has 1 aromatic rings. The SMILES string of the molecule is C#CCCCCNc1nnc(S(C)=O)nn1. The molecule has 0 radical (unpaired) electrons. The van der Waals surface area contributed by atoms with E-state index in [1.54, 1.807) is 0 Å². The molecule has 0 saturated heterocycles. The van der Waals surface area contributed by atoms with Crippen LogP contribution in [0.3, 0.4) is 0 Å². The summed E-state index contributed by atoms with van der Waals surface area (Å²) in [5.41, 5.74) is 0. The van der Waals surface area contributed by atoms with Crippen LogP contribution in [0.15, 0.2) is 5.16 Å². The molecular weight excluding hydrogens is 226 g/mol. The lowest BCUT2D eigenvalue weighted by molar-refractivity contribution is 0.663. The molecule has 1 heterocycles. The Hall–Kier alpha value is -1.55. The topological polar surface area (TPSA) is 80.7 Å². The van der Waals surface area contributed by atoms with E-state index in [4.69, 9.17) is 6.42 Å². The van der Waals surface area contributed by atoms with Gasteiger partial charge in [0.25, 0.3) is 11.1 Å². The van der Waals surface area contributed by atoms with Crippen molar-refractivity contribution < 1.29 is 4.21 Å². The second-order valence-corrected chi connectivity index (χ2v) is 4.32. The maximum atomic E-state index is 11.0. The minimum Gasteiger partial charge on any atom is -0.352 e. The highest BCUT2D eigenvalue weighted by Gasteiger charge is 2.03. The molecule has 16 heavy (non-hydrogen) atoms. The van der Waals surface area contributed by atoms with Gasteiger partial charge in [0, 0.05) is 19.2 Å². The highest BCUT2D eigenvalue weighted by atomic mass is 32.2. The van der Waals surface area contributed by atoms with Gasteiger partial charge in [-0.05, 0) is 12.8 Å². The summed E-state index contributed by atoms with van der Waals surface area (Å²) >= 11 is 0. The number of hydrogen-bond donors (Lipinski definition) is 1. The van der Waals surface area contributed by atoms with Crippen LogP contribution < -0.4 is 5.32 Å². The van der Waals surface area contributed by atoms with Gasteiger partial charge in [0.1, 0.15) is 0 Å². The number of anilines is 1. The lowest BCUT2D eigenvalue weighted by Crippen LogP contribution is -2.10. The van der Waals surface area contributed by atoms with Crippen molar-refractivity contribution in [1.29, 1.82) is 0 Å². The zero-order valence-electron chi connectivity index (χ0n) is 9.01. The van der Waals surface area contributed by atoms with Crippen molar-refractivity contribution in [3.05, 3.63) is 0 Å². The van der Waals surface area contributed by atoms with Gasteiger partial charge >= 0.3 is 0 Å². The predicted octanol–water partition coefficient (Wildman–Crippen LogP) is 0.219. The standard InChI is InChI=1S/C9H13N5OS/c1-3-4-5-6-7-10-8-11-13-9(14-12-8)16(2)15/h1H,4-7H2,2H3,(H,10,11,12). The van der Waals surface area contributed by atoms with Gasteiger partial charge < -0.3 is 5.32 Å². The van der Waals surface area contributed by atoms with Crippen molar-refractivity contribution in [2.75, 3.05) is 18.1 Å². The minimum absolute atomic E-state index is 0.137. The second kappa shape index (κ2) is 6.85. The monoisotopic (exact) mass is 239 g/mol. The fourth-order valence-electron chi connectivity index (χ4n) is 0.958. The molecule has 0 aliphatic carbocycles. The zero-order valence-corrected chi connectivity index (χ0v) is 9.83. The van der Waals surface area contributed by atoms with Crippen molar-refractivity contribution >= 4 is 16.7 Å². The fourth-order valence-corrected chi connectivity index (χ4v) is 1.27. The summed E-state index contributed by atoms with van der Waals surface area (Å²) in [7, 11) is -1.24. The Kier molecular flexibility index (Phi) is 5.36. The maximum Gasteiger partial charge on any atom is 0.262 e. The summed E-state index contributed by atoms with van der Waals surface area (Å²) in [6, 6.07) is 0. The smallest absolute Gasteiger partial charge is 0.262 e. The lowest BCUT2D eigenvalue weighted by Gasteiger charge is -2.01. The van der Waals surface area contributed by atoms with Crippen LogP contribution in [0, 0.1) is 12.3 Å². The van der Waals surface area contributed by atoms with Crippen LogP contribution in [0.4, 0.5) is 5.95 Å². The summed E-state index contributed by atoms with van der Waals surface area (Å²) in [6.45, 7) is 0.722. The molecule has 1 unspecified atom stereocenters. The molecule has 0 aliphatic rings. The number of nitrogens with zero attached hydrogens (tertiary/aromatic N) is 4. The first-order valence-electron chi connectivity index (χ1n) is 4.82. The minimum atomic E-state index is -1.24. The first-order valence-corrected chi connectivity index (χ1v) is 6.38. The fraction of sp³-hybridized carbons (Fsp3) is 0.556. The van der Waals surface area contributed by atoms with Gasteiger partial charge in [-0.1, -0.05) is 0 Å². The summed E-state index contributed by atoms with van der Waals surface area (Å²) in [4.78, 5) is 0. The Labute approximate surface area is 96.7 Å². The van der Waals surface area contributed by atoms with E-state index in [0.29, 0.717) is 5.95 Å². The maximum absolute atomic E-state index is 11.0. The van der Waals surface area contributed by atoms with Crippen molar-refractivity contribution in [2.24, 2.45) is 0 Å². The number of hydrogen-bond acceptors (Lipinski definition) is 6. The normalized spacial score (nSPS) is 11.8. The predicted molar refractivity (Wildman–Crippen MR) is 61.1 cm³/mol. The number of aromatic nitrogens is 4. The Morgan fingerprint density at radius 3 is 2.56 bits per heavy atom. The van der Waals surface area contributed by atoms with Crippen LogP contribution >= 0.6 is 0 Å². The van der Waals surface area contributed by atoms with Gasteiger partial charge in [-0.3, -0.25) is 4.21 Å². The molecule has 0 spiro atoms. The zero-order chi connectivity index (χ0) is 11.8. The Balaban J connectivity index is 2.33. The highest BCUT2D eigenvalue weighted by molar-refractivity contribution is 7.84. The van der Waals surface area contributed by atoms with Crippen LogP contribution in [0.25, 0.3) is 0 Å². The molecule has 1 rings (SSSR count). The highest BCUT2D eigenvalue weighted by Crippen LogP contribution is 1.98. The summed E-state index contributed by atoms with van der Waals surface area (Å²) in [5, 5.41) is 17.9. The third-order valence-corrected chi connectivity index (χ3v) is 2.43. The van der Waals surface area contributed by atoms with Crippen LogP contribution in [0.2, 0.25) is 0 Å². The Morgan fingerprint density at radius 1 is 1.31 bits per heavy atom. The quantitative estimate of drug-likeness (QED) is 0.565. The largest absolute Gasteiger partial charge is 0.352 e. The van der Waals surface area contributed by atoms with Crippen molar-refractivity contribution in [3.8, 4) is 12.3 Å². The average molecular weight is 239 g/mol. The number of terminal acetylenes is 1. The van der Waals surface area contributed by atoms with Crippen LogP contribution in [-0.4, -0.2) is 37.4 Å². The molecule has 0 aliphatic heterocycles. The van der Waals surface area contributed by atoms with E-state index in [1.165, 1.54) is 6.26 Å². The van der Waals surface area contributed by atoms with Crippen LogP contribution in [0.1, 0.15) is 19.3 Å². The lowest BCUT2D eigenvalue weighted by atomic mass is 10.2. The van der Waals surface area contributed by atoms with Crippen LogP contribution in [0.5, 0.6) is 0 Å². The molecule has 0 fully saturated rings. The molecule has 7 heteroatoms. The first-order chi connectivity index (χ1) is 7.74. The molecule has 1 N–H and O–H groups in total. The second-order valence-electron chi connectivity index (χ2n) is 3.05. The molecule has 6 nitrogen and oxygen atoms in total. The van der Waals surface area contributed by atoms with Gasteiger partial charge in [0.15, 0.2) is 0 Å². The number of rotatable bonds is 6. The Morgan fingerprint density at radius 2 is 2.00 bits per heavy atom.